The molecule has 0 bridgehead atoms. The van der Waals surface area contributed by atoms with Crippen LogP contribution in [0.1, 0.15) is 51.4 Å². The van der Waals surface area contributed by atoms with Crippen LogP contribution in [0.5, 0.6) is 0 Å². The highest BCUT2D eigenvalue weighted by molar-refractivity contribution is 7.89. The molecule has 3 N–H and O–H groups in total. The number of amides is 2. The second-order valence-corrected chi connectivity index (χ2v) is 9.44. The maximum absolute atomic E-state index is 12.6. The SMILES string of the molecule is CCOC(=O)NC(CNC(=O)c1cc(S(=O)(=O)NC(C)C)ccc1Cl)CC(C)C. The van der Waals surface area contributed by atoms with E-state index < -0.39 is 22.0 Å². The van der Waals surface area contributed by atoms with Crippen molar-refractivity contribution in [2.24, 2.45) is 5.92 Å². The van der Waals surface area contributed by atoms with Crippen LogP contribution in [0.3, 0.4) is 0 Å². The Morgan fingerprint density at radius 1 is 1.17 bits per heavy atom. The average molecular weight is 448 g/mol. The van der Waals surface area contributed by atoms with Crippen molar-refractivity contribution in [1.82, 2.24) is 15.4 Å². The Bertz CT molecular complexity index is 812. The summed E-state index contributed by atoms with van der Waals surface area (Å²) >= 11 is 6.11. The highest BCUT2D eigenvalue weighted by atomic mass is 35.5. The zero-order valence-electron chi connectivity index (χ0n) is 17.4. The van der Waals surface area contributed by atoms with Gasteiger partial charge >= 0.3 is 6.09 Å². The van der Waals surface area contributed by atoms with Gasteiger partial charge in [-0.3, -0.25) is 4.79 Å². The first-order chi connectivity index (χ1) is 13.5. The van der Waals surface area contributed by atoms with Crippen molar-refractivity contribution in [1.29, 1.82) is 0 Å². The topological polar surface area (TPSA) is 114 Å². The van der Waals surface area contributed by atoms with E-state index in [1.807, 2.05) is 13.8 Å². The van der Waals surface area contributed by atoms with Crippen LogP contribution >= 0.6 is 11.6 Å². The fourth-order valence-electron chi connectivity index (χ4n) is 2.64. The first-order valence-corrected chi connectivity index (χ1v) is 11.4. The number of hydrogen-bond donors (Lipinski definition) is 3. The van der Waals surface area contributed by atoms with Crippen molar-refractivity contribution in [2.75, 3.05) is 13.2 Å². The molecule has 0 aliphatic heterocycles. The van der Waals surface area contributed by atoms with Crippen molar-refractivity contribution in [3.8, 4) is 0 Å². The Hall–Kier alpha value is -1.84. The van der Waals surface area contributed by atoms with E-state index in [0.717, 1.165) is 0 Å². The molecule has 1 aromatic carbocycles. The lowest BCUT2D eigenvalue weighted by Gasteiger charge is -2.21. The summed E-state index contributed by atoms with van der Waals surface area (Å²) in [5, 5.41) is 5.55. The summed E-state index contributed by atoms with van der Waals surface area (Å²) in [6.45, 7) is 9.49. The second-order valence-electron chi connectivity index (χ2n) is 7.32. The molecule has 0 aliphatic carbocycles. The van der Waals surface area contributed by atoms with Gasteiger partial charge in [0.15, 0.2) is 0 Å². The molecule has 1 unspecified atom stereocenters. The predicted octanol–water partition coefficient (Wildman–Crippen LogP) is 2.92. The van der Waals surface area contributed by atoms with Gasteiger partial charge in [-0.25, -0.2) is 17.9 Å². The summed E-state index contributed by atoms with van der Waals surface area (Å²) < 4.78 is 32.1. The van der Waals surface area contributed by atoms with Crippen molar-refractivity contribution in [2.45, 2.75) is 58.0 Å². The van der Waals surface area contributed by atoms with E-state index in [-0.39, 0.29) is 46.6 Å². The number of alkyl carbamates (subject to hydrolysis) is 1. The maximum Gasteiger partial charge on any atom is 0.407 e. The second kappa shape index (κ2) is 11.4. The van der Waals surface area contributed by atoms with Gasteiger partial charge in [0.25, 0.3) is 5.91 Å². The van der Waals surface area contributed by atoms with Gasteiger partial charge < -0.3 is 15.4 Å². The number of hydrogen-bond acceptors (Lipinski definition) is 5. The molecule has 0 radical (unpaired) electrons. The van der Waals surface area contributed by atoms with Gasteiger partial charge in [0.1, 0.15) is 0 Å². The average Bonchev–Trinajstić information content (AvgIpc) is 2.58. The molecule has 0 aromatic heterocycles. The Morgan fingerprint density at radius 3 is 2.38 bits per heavy atom. The highest BCUT2D eigenvalue weighted by Crippen LogP contribution is 2.21. The number of halogens is 1. The molecule has 29 heavy (non-hydrogen) atoms. The third kappa shape index (κ3) is 8.59. The van der Waals surface area contributed by atoms with Crippen LogP contribution in [0.15, 0.2) is 23.1 Å². The third-order valence-corrected chi connectivity index (χ3v) is 5.73. The normalized spacial score (nSPS) is 12.7. The fraction of sp³-hybridized carbons (Fsp3) is 0.579. The first kappa shape index (κ1) is 25.2. The third-order valence-electron chi connectivity index (χ3n) is 3.75. The van der Waals surface area contributed by atoms with Gasteiger partial charge in [0, 0.05) is 18.6 Å². The number of benzene rings is 1. The molecule has 1 aromatic rings. The van der Waals surface area contributed by atoms with E-state index in [9.17, 15) is 18.0 Å². The Morgan fingerprint density at radius 2 is 1.83 bits per heavy atom. The number of carbonyl (C=O) groups excluding carboxylic acids is 2. The summed E-state index contributed by atoms with van der Waals surface area (Å²) in [6, 6.07) is 3.31. The van der Waals surface area contributed by atoms with Gasteiger partial charge in [-0.2, -0.15) is 0 Å². The number of ether oxygens (including phenoxy) is 1. The highest BCUT2D eigenvalue weighted by Gasteiger charge is 2.21. The smallest absolute Gasteiger partial charge is 0.407 e. The first-order valence-electron chi connectivity index (χ1n) is 9.49. The summed E-state index contributed by atoms with van der Waals surface area (Å²) in [5.74, 6) is -0.256. The number of carbonyl (C=O) groups is 2. The van der Waals surface area contributed by atoms with Crippen LogP contribution in [0.25, 0.3) is 0 Å². The summed E-state index contributed by atoms with van der Waals surface area (Å²) in [7, 11) is -3.76. The zero-order chi connectivity index (χ0) is 22.2. The van der Waals surface area contributed by atoms with Crippen LogP contribution < -0.4 is 15.4 Å². The summed E-state index contributed by atoms with van der Waals surface area (Å²) in [4.78, 5) is 24.3. The number of nitrogens with one attached hydrogen (secondary N) is 3. The van der Waals surface area contributed by atoms with Crippen molar-refractivity contribution in [3.05, 3.63) is 28.8 Å². The van der Waals surface area contributed by atoms with E-state index in [1.165, 1.54) is 18.2 Å². The van der Waals surface area contributed by atoms with Crippen LogP contribution in [-0.2, 0) is 14.8 Å². The molecule has 0 aliphatic rings. The van der Waals surface area contributed by atoms with Gasteiger partial charge in [-0.1, -0.05) is 25.4 Å². The van der Waals surface area contributed by atoms with E-state index in [2.05, 4.69) is 15.4 Å². The molecule has 10 heteroatoms. The van der Waals surface area contributed by atoms with Crippen LogP contribution in [0.2, 0.25) is 5.02 Å². The zero-order valence-corrected chi connectivity index (χ0v) is 19.0. The monoisotopic (exact) mass is 447 g/mol. The lowest BCUT2D eigenvalue weighted by molar-refractivity contribution is 0.0944. The van der Waals surface area contributed by atoms with E-state index in [0.29, 0.717) is 6.42 Å². The Labute approximate surface area is 177 Å². The quantitative estimate of drug-likeness (QED) is 0.510. The molecule has 1 rings (SSSR count). The summed E-state index contributed by atoms with van der Waals surface area (Å²) in [5.41, 5.74) is 0.0396. The van der Waals surface area contributed by atoms with Crippen molar-refractivity contribution >= 4 is 33.6 Å². The van der Waals surface area contributed by atoms with Crippen LogP contribution in [-0.4, -0.2) is 45.7 Å². The molecule has 1 atom stereocenters. The fourth-order valence-corrected chi connectivity index (χ4v) is 4.12. The number of rotatable bonds is 10. The lowest BCUT2D eigenvalue weighted by Crippen LogP contribution is -2.44. The van der Waals surface area contributed by atoms with E-state index >= 15 is 0 Å². The summed E-state index contributed by atoms with van der Waals surface area (Å²) in [6.07, 6.45) is 0.0674. The molecule has 0 heterocycles. The number of sulfonamides is 1. The van der Waals surface area contributed by atoms with E-state index in [1.54, 1.807) is 20.8 Å². The minimum Gasteiger partial charge on any atom is -0.450 e. The van der Waals surface area contributed by atoms with Crippen molar-refractivity contribution in [3.63, 3.8) is 0 Å². The van der Waals surface area contributed by atoms with Gasteiger partial charge in [-0.15, -0.1) is 0 Å². The molecule has 0 fully saturated rings. The Kier molecular flexibility index (Phi) is 9.88. The van der Waals surface area contributed by atoms with Crippen LogP contribution in [0.4, 0.5) is 4.79 Å². The molecular weight excluding hydrogens is 418 g/mol. The predicted molar refractivity (Wildman–Crippen MR) is 113 cm³/mol. The van der Waals surface area contributed by atoms with Crippen molar-refractivity contribution < 1.29 is 22.7 Å². The van der Waals surface area contributed by atoms with Gasteiger partial charge in [0.2, 0.25) is 10.0 Å². The van der Waals surface area contributed by atoms with Gasteiger partial charge in [-0.05, 0) is 51.3 Å². The molecule has 0 spiro atoms. The van der Waals surface area contributed by atoms with E-state index in [4.69, 9.17) is 16.3 Å². The largest absolute Gasteiger partial charge is 0.450 e. The minimum atomic E-state index is -3.76. The lowest BCUT2D eigenvalue weighted by atomic mass is 10.0. The Balaban J connectivity index is 2.94. The van der Waals surface area contributed by atoms with Gasteiger partial charge in [0.05, 0.1) is 22.1 Å². The van der Waals surface area contributed by atoms with Crippen LogP contribution in [0, 0.1) is 5.92 Å². The standard InChI is InChI=1S/C19H30ClN3O5S/c1-6-28-19(25)22-14(9-12(2)3)11-21-18(24)16-10-15(7-8-17(16)20)29(26,27)23-13(4)5/h7-8,10,12-14,23H,6,9,11H2,1-5H3,(H,21,24)(H,22,25). The molecule has 164 valence electrons. The molecule has 8 nitrogen and oxygen atoms in total. The molecular formula is C19H30ClN3O5S. The minimum absolute atomic E-state index is 0.0396. The maximum atomic E-state index is 12.6. The molecule has 0 saturated heterocycles. The molecule has 2 amide bonds. The molecule has 0 saturated carbocycles.